The maximum absolute atomic E-state index is 4.46. The van der Waals surface area contributed by atoms with Crippen LogP contribution in [0.3, 0.4) is 0 Å². The second kappa shape index (κ2) is 5.79. The molecule has 0 amide bonds. The summed E-state index contributed by atoms with van der Waals surface area (Å²) in [6, 6.07) is 7.92. The van der Waals surface area contributed by atoms with Gasteiger partial charge in [0.2, 0.25) is 5.95 Å². The Kier molecular flexibility index (Phi) is 4.28. The molecule has 20 heavy (non-hydrogen) atoms. The molecule has 1 aromatic heterocycles. The van der Waals surface area contributed by atoms with Crippen molar-refractivity contribution in [2.24, 2.45) is 0 Å². The Morgan fingerprint density at radius 3 is 2.55 bits per heavy atom. The molecular formula is C15H19BrN4. The highest BCUT2D eigenvalue weighted by Crippen LogP contribution is 2.22. The fraction of sp³-hybridized carbons (Fsp3) is 0.333. The van der Waals surface area contributed by atoms with Crippen LogP contribution in [0.15, 0.2) is 34.9 Å². The number of halogens is 1. The minimum absolute atomic E-state index is 0.0280. The first kappa shape index (κ1) is 14.8. The van der Waals surface area contributed by atoms with E-state index in [9.17, 15) is 0 Å². The second-order valence-electron chi connectivity index (χ2n) is 5.73. The van der Waals surface area contributed by atoms with E-state index in [1.165, 1.54) is 5.56 Å². The second-order valence-corrected chi connectivity index (χ2v) is 6.58. The highest BCUT2D eigenvalue weighted by Gasteiger charge is 2.10. The first-order chi connectivity index (χ1) is 9.33. The molecule has 2 aromatic rings. The van der Waals surface area contributed by atoms with Gasteiger partial charge in [0.15, 0.2) is 0 Å². The van der Waals surface area contributed by atoms with Crippen molar-refractivity contribution in [2.45, 2.75) is 33.2 Å². The van der Waals surface area contributed by atoms with E-state index in [0.717, 1.165) is 16.0 Å². The zero-order valence-electron chi connectivity index (χ0n) is 12.2. The van der Waals surface area contributed by atoms with E-state index in [2.05, 4.69) is 63.4 Å². The van der Waals surface area contributed by atoms with Crippen molar-refractivity contribution in [3.8, 4) is 0 Å². The zero-order chi connectivity index (χ0) is 14.8. The van der Waals surface area contributed by atoms with Gasteiger partial charge in [-0.05, 0) is 57.5 Å². The number of nitrogens with one attached hydrogen (secondary N) is 2. The van der Waals surface area contributed by atoms with Crippen LogP contribution in [-0.2, 0) is 0 Å². The number of rotatable bonds is 3. The van der Waals surface area contributed by atoms with Crippen molar-refractivity contribution in [2.75, 3.05) is 10.6 Å². The lowest BCUT2D eigenvalue weighted by Gasteiger charge is -2.21. The van der Waals surface area contributed by atoms with Gasteiger partial charge in [-0.15, -0.1) is 0 Å². The molecule has 0 aliphatic heterocycles. The van der Waals surface area contributed by atoms with Crippen LogP contribution < -0.4 is 10.6 Å². The van der Waals surface area contributed by atoms with Gasteiger partial charge in [0.05, 0.1) is 0 Å². The Balaban J connectivity index is 2.17. The minimum atomic E-state index is -0.0280. The predicted octanol–water partition coefficient (Wildman–Crippen LogP) is 4.50. The van der Waals surface area contributed by atoms with E-state index in [1.807, 2.05) is 25.1 Å². The number of benzene rings is 1. The van der Waals surface area contributed by atoms with E-state index >= 15 is 0 Å². The van der Waals surface area contributed by atoms with Gasteiger partial charge < -0.3 is 10.6 Å². The molecule has 0 aliphatic carbocycles. The molecular weight excluding hydrogens is 316 g/mol. The van der Waals surface area contributed by atoms with Gasteiger partial charge in [0.25, 0.3) is 0 Å². The molecule has 2 N–H and O–H groups in total. The van der Waals surface area contributed by atoms with Gasteiger partial charge in [-0.1, -0.05) is 15.9 Å². The maximum atomic E-state index is 4.46. The van der Waals surface area contributed by atoms with E-state index in [1.54, 1.807) is 6.20 Å². The molecule has 0 bridgehead atoms. The first-order valence-electron chi connectivity index (χ1n) is 6.48. The minimum Gasteiger partial charge on any atom is -0.365 e. The topological polar surface area (TPSA) is 49.8 Å². The Morgan fingerprint density at radius 2 is 1.90 bits per heavy atom. The Hall–Kier alpha value is -1.62. The lowest BCUT2D eigenvalue weighted by molar-refractivity contribution is 0.630. The highest BCUT2D eigenvalue weighted by atomic mass is 79.9. The van der Waals surface area contributed by atoms with Crippen LogP contribution in [0.5, 0.6) is 0 Å². The van der Waals surface area contributed by atoms with Crippen molar-refractivity contribution < 1.29 is 0 Å². The van der Waals surface area contributed by atoms with Crippen LogP contribution in [0.1, 0.15) is 26.3 Å². The number of aryl methyl sites for hydroxylation is 1. The van der Waals surface area contributed by atoms with Gasteiger partial charge in [0, 0.05) is 21.9 Å². The molecule has 0 atom stereocenters. The molecule has 1 aromatic carbocycles. The first-order valence-corrected chi connectivity index (χ1v) is 7.27. The van der Waals surface area contributed by atoms with Crippen LogP contribution in [0.25, 0.3) is 0 Å². The molecule has 5 heteroatoms. The van der Waals surface area contributed by atoms with E-state index < -0.39 is 0 Å². The lowest BCUT2D eigenvalue weighted by atomic mass is 10.1. The predicted molar refractivity (Wildman–Crippen MR) is 87.6 cm³/mol. The Bertz CT molecular complexity index is 605. The van der Waals surface area contributed by atoms with Crippen molar-refractivity contribution in [1.29, 1.82) is 0 Å². The molecule has 0 spiro atoms. The number of hydrogen-bond acceptors (Lipinski definition) is 4. The average Bonchev–Trinajstić information content (AvgIpc) is 2.32. The molecule has 1 heterocycles. The summed E-state index contributed by atoms with van der Waals surface area (Å²) in [6.07, 6.45) is 1.75. The summed E-state index contributed by atoms with van der Waals surface area (Å²) in [5, 5.41) is 6.54. The SMILES string of the molecule is Cc1cc(Nc2nccc(NC(C)(C)C)n2)ccc1Br. The van der Waals surface area contributed by atoms with Gasteiger partial charge in [0.1, 0.15) is 5.82 Å². The van der Waals surface area contributed by atoms with E-state index in [-0.39, 0.29) is 5.54 Å². The summed E-state index contributed by atoms with van der Waals surface area (Å²) < 4.78 is 1.09. The molecule has 106 valence electrons. The molecule has 0 unspecified atom stereocenters. The van der Waals surface area contributed by atoms with Crippen molar-refractivity contribution in [3.05, 3.63) is 40.5 Å². The van der Waals surface area contributed by atoms with Gasteiger partial charge >= 0.3 is 0 Å². The molecule has 0 saturated heterocycles. The van der Waals surface area contributed by atoms with Gasteiger partial charge in [-0.25, -0.2) is 4.98 Å². The lowest BCUT2D eigenvalue weighted by Crippen LogP contribution is -2.26. The summed E-state index contributed by atoms with van der Waals surface area (Å²) >= 11 is 3.49. The summed E-state index contributed by atoms with van der Waals surface area (Å²) in [7, 11) is 0. The fourth-order valence-electron chi connectivity index (χ4n) is 1.72. The molecule has 2 rings (SSSR count). The maximum Gasteiger partial charge on any atom is 0.229 e. The number of hydrogen-bond donors (Lipinski definition) is 2. The van der Waals surface area contributed by atoms with Crippen LogP contribution in [0, 0.1) is 6.92 Å². The Morgan fingerprint density at radius 1 is 1.15 bits per heavy atom. The molecule has 4 nitrogen and oxygen atoms in total. The van der Waals surface area contributed by atoms with Crippen LogP contribution >= 0.6 is 15.9 Å². The summed E-state index contributed by atoms with van der Waals surface area (Å²) in [5.74, 6) is 1.39. The van der Waals surface area contributed by atoms with Crippen LogP contribution in [-0.4, -0.2) is 15.5 Å². The average molecular weight is 335 g/mol. The van der Waals surface area contributed by atoms with Gasteiger partial charge in [-0.3, -0.25) is 0 Å². The summed E-state index contributed by atoms with van der Waals surface area (Å²) in [5.41, 5.74) is 2.11. The largest absolute Gasteiger partial charge is 0.365 e. The van der Waals surface area contributed by atoms with E-state index in [4.69, 9.17) is 0 Å². The smallest absolute Gasteiger partial charge is 0.229 e. The standard InChI is InChI=1S/C15H19BrN4/c1-10-9-11(5-6-12(10)16)18-14-17-8-7-13(19-14)20-15(2,3)4/h5-9H,1-4H3,(H2,17,18,19,20). The number of aromatic nitrogens is 2. The monoisotopic (exact) mass is 334 g/mol. The third-order valence-electron chi connectivity index (χ3n) is 2.57. The van der Waals surface area contributed by atoms with Crippen molar-refractivity contribution in [1.82, 2.24) is 9.97 Å². The highest BCUT2D eigenvalue weighted by molar-refractivity contribution is 9.10. The molecule has 0 radical (unpaired) electrons. The van der Waals surface area contributed by atoms with Crippen LogP contribution in [0.4, 0.5) is 17.5 Å². The van der Waals surface area contributed by atoms with Crippen LogP contribution in [0.2, 0.25) is 0 Å². The third kappa shape index (κ3) is 4.20. The van der Waals surface area contributed by atoms with Crippen molar-refractivity contribution >= 4 is 33.4 Å². The summed E-state index contributed by atoms with van der Waals surface area (Å²) in [4.78, 5) is 8.70. The third-order valence-corrected chi connectivity index (χ3v) is 3.46. The molecule has 0 fully saturated rings. The fourth-order valence-corrected chi connectivity index (χ4v) is 1.97. The normalized spacial score (nSPS) is 11.2. The quantitative estimate of drug-likeness (QED) is 0.867. The molecule has 0 saturated carbocycles. The van der Waals surface area contributed by atoms with Crippen molar-refractivity contribution in [3.63, 3.8) is 0 Å². The molecule has 0 aliphatic rings. The number of nitrogens with zero attached hydrogens (tertiary/aromatic N) is 2. The summed E-state index contributed by atoms with van der Waals surface area (Å²) in [6.45, 7) is 8.34. The van der Waals surface area contributed by atoms with E-state index in [0.29, 0.717) is 5.95 Å². The van der Waals surface area contributed by atoms with Gasteiger partial charge in [-0.2, -0.15) is 4.98 Å². The number of anilines is 3. The Labute approximate surface area is 128 Å². The zero-order valence-corrected chi connectivity index (χ0v) is 13.7.